The summed E-state index contributed by atoms with van der Waals surface area (Å²) in [6.07, 6.45) is 2.35. The summed E-state index contributed by atoms with van der Waals surface area (Å²) in [5.41, 5.74) is 2.78. The van der Waals surface area contributed by atoms with Crippen LogP contribution < -0.4 is 14.8 Å². The predicted molar refractivity (Wildman–Crippen MR) is 94.7 cm³/mol. The molecule has 1 aromatic heterocycles. The molecule has 122 valence electrons. The van der Waals surface area contributed by atoms with Gasteiger partial charge in [-0.3, -0.25) is 0 Å². The lowest BCUT2D eigenvalue weighted by Crippen LogP contribution is -2.06. The van der Waals surface area contributed by atoms with E-state index >= 15 is 0 Å². The average molecular weight is 321 g/mol. The summed E-state index contributed by atoms with van der Waals surface area (Å²) in [5, 5.41) is 4.33. The van der Waals surface area contributed by atoms with Crippen LogP contribution in [0.25, 0.3) is 22.2 Å². The normalized spacial score (nSPS) is 13.8. The molecular formula is C19H19N3O2. The minimum absolute atomic E-state index is 0.492. The number of anilines is 1. The molecule has 1 fully saturated rings. The molecule has 1 N–H and O–H groups in total. The Morgan fingerprint density at radius 1 is 0.958 bits per heavy atom. The highest BCUT2D eigenvalue weighted by Crippen LogP contribution is 2.36. The topological polar surface area (TPSA) is 56.3 Å². The fourth-order valence-corrected chi connectivity index (χ4v) is 2.75. The van der Waals surface area contributed by atoms with Gasteiger partial charge in [0, 0.05) is 23.1 Å². The third-order valence-electron chi connectivity index (χ3n) is 4.16. The highest BCUT2D eigenvalue weighted by Gasteiger charge is 2.23. The quantitative estimate of drug-likeness (QED) is 0.772. The third kappa shape index (κ3) is 2.73. The van der Waals surface area contributed by atoms with Crippen molar-refractivity contribution in [3.63, 3.8) is 0 Å². The van der Waals surface area contributed by atoms with E-state index in [9.17, 15) is 0 Å². The number of fused-ring (bicyclic) bond motifs is 1. The molecule has 1 aliphatic rings. The first kappa shape index (κ1) is 14.8. The molecular weight excluding hydrogens is 302 g/mol. The van der Waals surface area contributed by atoms with Gasteiger partial charge in [0.05, 0.1) is 25.4 Å². The lowest BCUT2D eigenvalue weighted by molar-refractivity contribution is 0.356. The standard InChI is InChI=1S/C19H19N3O2/c1-23-16-10-14-15(11-17(16)24-2)21-19(20-13-8-9-13)22-18(14)12-6-4-3-5-7-12/h3-7,10-11,13H,8-9H2,1-2H3,(H,20,21,22). The van der Waals surface area contributed by atoms with Crippen molar-refractivity contribution in [2.45, 2.75) is 18.9 Å². The molecule has 24 heavy (non-hydrogen) atoms. The van der Waals surface area contributed by atoms with Gasteiger partial charge < -0.3 is 14.8 Å². The zero-order chi connectivity index (χ0) is 16.5. The van der Waals surface area contributed by atoms with Gasteiger partial charge in [-0.15, -0.1) is 0 Å². The Balaban J connectivity index is 1.95. The number of hydrogen-bond acceptors (Lipinski definition) is 5. The predicted octanol–water partition coefficient (Wildman–Crippen LogP) is 3.89. The van der Waals surface area contributed by atoms with Gasteiger partial charge in [0.15, 0.2) is 11.5 Å². The molecule has 0 atom stereocenters. The fraction of sp³-hybridized carbons (Fsp3) is 0.263. The summed E-state index contributed by atoms with van der Waals surface area (Å²) in [7, 11) is 3.27. The molecule has 0 saturated heterocycles. The van der Waals surface area contributed by atoms with Crippen LogP contribution in [0, 0.1) is 0 Å². The van der Waals surface area contributed by atoms with E-state index in [4.69, 9.17) is 14.5 Å². The van der Waals surface area contributed by atoms with Crippen molar-refractivity contribution >= 4 is 16.9 Å². The number of nitrogens with one attached hydrogen (secondary N) is 1. The van der Waals surface area contributed by atoms with Crippen molar-refractivity contribution in [2.75, 3.05) is 19.5 Å². The summed E-state index contributed by atoms with van der Waals surface area (Å²) in [5.74, 6) is 2.00. The molecule has 0 spiro atoms. The van der Waals surface area contributed by atoms with E-state index in [0.29, 0.717) is 23.5 Å². The number of benzene rings is 2. The molecule has 0 aliphatic heterocycles. The zero-order valence-corrected chi connectivity index (χ0v) is 13.7. The van der Waals surface area contributed by atoms with Crippen LogP contribution in [0.3, 0.4) is 0 Å². The van der Waals surface area contributed by atoms with Crippen molar-refractivity contribution in [2.24, 2.45) is 0 Å². The maximum atomic E-state index is 5.44. The molecule has 3 aromatic rings. The first-order chi connectivity index (χ1) is 11.8. The van der Waals surface area contributed by atoms with E-state index in [0.717, 1.165) is 22.2 Å². The van der Waals surface area contributed by atoms with Gasteiger partial charge in [-0.1, -0.05) is 30.3 Å². The minimum atomic E-state index is 0.492. The molecule has 0 amide bonds. The molecule has 1 saturated carbocycles. The highest BCUT2D eigenvalue weighted by molar-refractivity contribution is 5.95. The zero-order valence-electron chi connectivity index (χ0n) is 13.7. The van der Waals surface area contributed by atoms with E-state index in [1.54, 1.807) is 14.2 Å². The Bertz CT molecular complexity index is 877. The number of methoxy groups -OCH3 is 2. The number of hydrogen-bond donors (Lipinski definition) is 1. The molecule has 0 radical (unpaired) electrons. The second-order valence-corrected chi connectivity index (χ2v) is 5.90. The number of rotatable bonds is 5. The molecule has 0 bridgehead atoms. The van der Waals surface area contributed by atoms with Gasteiger partial charge >= 0.3 is 0 Å². The maximum absolute atomic E-state index is 5.44. The van der Waals surface area contributed by atoms with Crippen LogP contribution in [0.4, 0.5) is 5.95 Å². The number of ether oxygens (including phenoxy) is 2. The molecule has 1 aliphatic carbocycles. The van der Waals surface area contributed by atoms with Gasteiger partial charge in [-0.2, -0.15) is 0 Å². The van der Waals surface area contributed by atoms with E-state index in [-0.39, 0.29) is 0 Å². The number of nitrogens with zero attached hydrogens (tertiary/aromatic N) is 2. The van der Waals surface area contributed by atoms with E-state index < -0.39 is 0 Å². The summed E-state index contributed by atoms with van der Waals surface area (Å²) >= 11 is 0. The van der Waals surface area contributed by atoms with Crippen LogP contribution in [-0.4, -0.2) is 30.2 Å². The summed E-state index contributed by atoms with van der Waals surface area (Å²) in [6, 6.07) is 14.5. The molecule has 4 rings (SSSR count). The van der Waals surface area contributed by atoms with Crippen molar-refractivity contribution in [3.05, 3.63) is 42.5 Å². The van der Waals surface area contributed by atoms with Gasteiger partial charge in [0.25, 0.3) is 0 Å². The lowest BCUT2D eigenvalue weighted by atomic mass is 10.1. The average Bonchev–Trinajstić information content (AvgIpc) is 3.44. The molecule has 5 heteroatoms. The summed E-state index contributed by atoms with van der Waals surface area (Å²) < 4.78 is 10.9. The van der Waals surface area contributed by atoms with Crippen molar-refractivity contribution in [3.8, 4) is 22.8 Å². The second kappa shape index (κ2) is 6.00. The SMILES string of the molecule is COc1cc2nc(NC3CC3)nc(-c3ccccc3)c2cc1OC. The Labute approximate surface area is 140 Å². The largest absolute Gasteiger partial charge is 0.493 e. The molecule has 5 nitrogen and oxygen atoms in total. The summed E-state index contributed by atoms with van der Waals surface area (Å²) in [4.78, 5) is 9.43. The van der Waals surface area contributed by atoms with Crippen LogP contribution >= 0.6 is 0 Å². The van der Waals surface area contributed by atoms with Crippen molar-refractivity contribution in [1.82, 2.24) is 9.97 Å². The molecule has 2 aromatic carbocycles. The molecule has 0 unspecified atom stereocenters. The van der Waals surface area contributed by atoms with E-state index in [1.165, 1.54) is 12.8 Å². The first-order valence-electron chi connectivity index (χ1n) is 8.04. The Morgan fingerprint density at radius 3 is 2.33 bits per heavy atom. The van der Waals surface area contributed by atoms with Crippen LogP contribution in [0.5, 0.6) is 11.5 Å². The number of aromatic nitrogens is 2. The van der Waals surface area contributed by atoms with E-state index in [2.05, 4.69) is 22.4 Å². The van der Waals surface area contributed by atoms with Crippen LogP contribution in [-0.2, 0) is 0 Å². The van der Waals surface area contributed by atoms with Crippen LogP contribution in [0.2, 0.25) is 0 Å². The first-order valence-corrected chi connectivity index (χ1v) is 8.04. The van der Waals surface area contributed by atoms with Gasteiger partial charge in [0.1, 0.15) is 0 Å². The van der Waals surface area contributed by atoms with Gasteiger partial charge in [0.2, 0.25) is 5.95 Å². The maximum Gasteiger partial charge on any atom is 0.224 e. The minimum Gasteiger partial charge on any atom is -0.493 e. The third-order valence-corrected chi connectivity index (χ3v) is 4.16. The van der Waals surface area contributed by atoms with Crippen molar-refractivity contribution < 1.29 is 9.47 Å². The highest BCUT2D eigenvalue weighted by atomic mass is 16.5. The lowest BCUT2D eigenvalue weighted by Gasteiger charge is -2.13. The summed E-state index contributed by atoms with van der Waals surface area (Å²) in [6.45, 7) is 0. The molecule has 1 heterocycles. The van der Waals surface area contributed by atoms with Crippen LogP contribution in [0.1, 0.15) is 12.8 Å². The van der Waals surface area contributed by atoms with Crippen LogP contribution in [0.15, 0.2) is 42.5 Å². The fourth-order valence-electron chi connectivity index (χ4n) is 2.75. The monoisotopic (exact) mass is 321 g/mol. The van der Waals surface area contributed by atoms with Crippen molar-refractivity contribution in [1.29, 1.82) is 0 Å². The smallest absolute Gasteiger partial charge is 0.224 e. The second-order valence-electron chi connectivity index (χ2n) is 5.90. The Hall–Kier alpha value is -2.82. The Morgan fingerprint density at radius 2 is 1.67 bits per heavy atom. The van der Waals surface area contributed by atoms with Gasteiger partial charge in [-0.25, -0.2) is 9.97 Å². The Kier molecular flexibility index (Phi) is 3.69. The van der Waals surface area contributed by atoms with E-state index in [1.807, 2.05) is 30.3 Å². The van der Waals surface area contributed by atoms with Gasteiger partial charge in [-0.05, 0) is 18.9 Å².